The third-order valence-corrected chi connectivity index (χ3v) is 5.69. The Morgan fingerprint density at radius 1 is 1.36 bits per heavy atom. The summed E-state index contributed by atoms with van der Waals surface area (Å²) in [5, 5.41) is 4.08. The smallest absolute Gasteiger partial charge is 0.251 e. The Balaban J connectivity index is 1.89. The minimum atomic E-state index is -0.373. The van der Waals surface area contributed by atoms with E-state index < -0.39 is 0 Å². The van der Waals surface area contributed by atoms with Crippen molar-refractivity contribution >= 4 is 23.2 Å². The average Bonchev–Trinajstić information content (AvgIpc) is 3.28. The first-order valence-electron chi connectivity index (χ1n) is 8.86. The van der Waals surface area contributed by atoms with Gasteiger partial charge in [0.1, 0.15) is 0 Å². The third kappa shape index (κ3) is 3.35. The maximum atomic E-state index is 12.1. The molecule has 0 radical (unpaired) electrons. The summed E-state index contributed by atoms with van der Waals surface area (Å²) in [6.45, 7) is 6.52. The summed E-state index contributed by atoms with van der Waals surface area (Å²) in [4.78, 5) is 25.8. The fourth-order valence-corrected chi connectivity index (χ4v) is 4.49. The van der Waals surface area contributed by atoms with Gasteiger partial charge in [-0.05, 0) is 48.6 Å². The SMILES string of the molecule is CCc1c(-c2ccsc2)c(C(N)=O)c(C)n1CCCN1CCCC1=O. The molecular formula is C19H25N3O2S. The van der Waals surface area contributed by atoms with E-state index in [4.69, 9.17) is 5.73 Å². The molecule has 0 aromatic carbocycles. The standard InChI is InChI=1S/C19H25N3O2S/c1-3-15-18(14-7-11-25-12-14)17(19(20)24)13(2)22(15)10-5-9-21-8-4-6-16(21)23/h7,11-12H,3-6,8-10H2,1-2H3,(H2,20,24). The van der Waals surface area contributed by atoms with Crippen molar-refractivity contribution in [2.75, 3.05) is 13.1 Å². The Bertz CT molecular complexity index is 777. The molecule has 3 rings (SSSR count). The van der Waals surface area contributed by atoms with E-state index in [0.29, 0.717) is 12.0 Å². The van der Waals surface area contributed by atoms with Crippen LogP contribution >= 0.6 is 11.3 Å². The van der Waals surface area contributed by atoms with Crippen LogP contribution in [0.5, 0.6) is 0 Å². The fraction of sp³-hybridized carbons (Fsp3) is 0.474. The molecule has 2 aromatic rings. The summed E-state index contributed by atoms with van der Waals surface area (Å²) >= 11 is 1.62. The highest BCUT2D eigenvalue weighted by atomic mass is 32.1. The summed E-state index contributed by atoms with van der Waals surface area (Å²) in [7, 11) is 0. The van der Waals surface area contributed by atoms with Crippen molar-refractivity contribution < 1.29 is 9.59 Å². The molecule has 0 aliphatic carbocycles. The van der Waals surface area contributed by atoms with Gasteiger partial charge in [0, 0.05) is 43.0 Å². The van der Waals surface area contributed by atoms with Crippen molar-refractivity contribution in [3.8, 4) is 11.1 Å². The lowest BCUT2D eigenvalue weighted by Gasteiger charge is -2.17. The normalized spacial score (nSPS) is 14.5. The van der Waals surface area contributed by atoms with E-state index >= 15 is 0 Å². The number of hydrogen-bond acceptors (Lipinski definition) is 3. The maximum Gasteiger partial charge on any atom is 0.251 e. The van der Waals surface area contributed by atoms with Gasteiger partial charge in [-0.2, -0.15) is 11.3 Å². The maximum absolute atomic E-state index is 12.1. The van der Waals surface area contributed by atoms with E-state index in [1.165, 1.54) is 0 Å². The Morgan fingerprint density at radius 2 is 2.16 bits per heavy atom. The number of carbonyl (C=O) groups excluding carboxylic acids is 2. The second-order valence-electron chi connectivity index (χ2n) is 6.50. The minimum absolute atomic E-state index is 0.261. The van der Waals surface area contributed by atoms with E-state index in [1.807, 2.05) is 23.3 Å². The lowest BCUT2D eigenvalue weighted by Crippen LogP contribution is -2.26. The number of primary amides is 1. The van der Waals surface area contributed by atoms with Gasteiger partial charge < -0.3 is 15.2 Å². The van der Waals surface area contributed by atoms with Gasteiger partial charge in [0.15, 0.2) is 0 Å². The molecule has 2 N–H and O–H groups in total. The van der Waals surface area contributed by atoms with Crippen LogP contribution in [0.2, 0.25) is 0 Å². The molecule has 0 bridgehead atoms. The van der Waals surface area contributed by atoms with Crippen LogP contribution in [0.25, 0.3) is 11.1 Å². The van der Waals surface area contributed by atoms with Crippen LogP contribution in [0.15, 0.2) is 16.8 Å². The van der Waals surface area contributed by atoms with Crippen LogP contribution in [0.3, 0.4) is 0 Å². The number of rotatable bonds is 7. The second kappa shape index (κ2) is 7.44. The summed E-state index contributed by atoms with van der Waals surface area (Å²) in [5.41, 5.74) is 10.5. The molecule has 25 heavy (non-hydrogen) atoms. The molecular weight excluding hydrogens is 334 g/mol. The molecule has 6 heteroatoms. The molecule has 2 aromatic heterocycles. The molecule has 0 atom stereocenters. The first-order chi connectivity index (χ1) is 12.0. The average molecular weight is 359 g/mol. The van der Waals surface area contributed by atoms with Gasteiger partial charge in [-0.1, -0.05) is 6.92 Å². The van der Waals surface area contributed by atoms with E-state index in [9.17, 15) is 9.59 Å². The molecule has 3 heterocycles. The number of carbonyl (C=O) groups is 2. The topological polar surface area (TPSA) is 68.3 Å². The molecule has 0 unspecified atom stereocenters. The predicted octanol–water partition coefficient (Wildman–Crippen LogP) is 3.20. The highest BCUT2D eigenvalue weighted by Crippen LogP contribution is 2.34. The highest BCUT2D eigenvalue weighted by molar-refractivity contribution is 7.08. The fourth-order valence-electron chi connectivity index (χ4n) is 3.85. The number of hydrogen-bond donors (Lipinski definition) is 1. The minimum Gasteiger partial charge on any atom is -0.366 e. The number of nitrogens with zero attached hydrogens (tertiary/aromatic N) is 2. The van der Waals surface area contributed by atoms with Crippen LogP contribution < -0.4 is 5.73 Å². The lowest BCUT2D eigenvalue weighted by atomic mass is 10.0. The van der Waals surface area contributed by atoms with Gasteiger partial charge in [-0.3, -0.25) is 9.59 Å². The van der Waals surface area contributed by atoms with Gasteiger partial charge in [-0.25, -0.2) is 0 Å². The summed E-state index contributed by atoms with van der Waals surface area (Å²) in [6.07, 6.45) is 3.37. The van der Waals surface area contributed by atoms with Crippen molar-refractivity contribution in [1.29, 1.82) is 0 Å². The van der Waals surface area contributed by atoms with Crippen LogP contribution in [-0.4, -0.2) is 34.4 Å². The summed E-state index contributed by atoms with van der Waals surface area (Å²) in [6, 6.07) is 2.04. The number of thiophene rings is 1. The zero-order chi connectivity index (χ0) is 18.0. The third-order valence-electron chi connectivity index (χ3n) is 5.00. The molecule has 134 valence electrons. The number of nitrogens with two attached hydrogens (primary N) is 1. The van der Waals surface area contributed by atoms with E-state index in [-0.39, 0.29) is 11.8 Å². The summed E-state index contributed by atoms with van der Waals surface area (Å²) < 4.78 is 2.22. The molecule has 0 saturated carbocycles. The van der Waals surface area contributed by atoms with Crippen LogP contribution in [-0.2, 0) is 17.8 Å². The Morgan fingerprint density at radius 3 is 2.72 bits per heavy atom. The first-order valence-corrected chi connectivity index (χ1v) is 9.81. The van der Waals surface area contributed by atoms with Gasteiger partial charge in [0.05, 0.1) is 5.56 Å². The highest BCUT2D eigenvalue weighted by Gasteiger charge is 2.24. The van der Waals surface area contributed by atoms with E-state index in [0.717, 1.165) is 61.4 Å². The van der Waals surface area contributed by atoms with Crippen LogP contribution in [0.1, 0.15) is 47.9 Å². The first kappa shape index (κ1) is 17.7. The molecule has 1 aliphatic heterocycles. The number of aromatic nitrogens is 1. The van der Waals surface area contributed by atoms with Gasteiger partial charge in [-0.15, -0.1) is 0 Å². The molecule has 0 spiro atoms. The zero-order valence-corrected chi connectivity index (χ0v) is 15.7. The van der Waals surface area contributed by atoms with E-state index in [2.05, 4.69) is 16.9 Å². The largest absolute Gasteiger partial charge is 0.366 e. The van der Waals surface area contributed by atoms with Crippen molar-refractivity contribution in [2.24, 2.45) is 5.73 Å². The lowest BCUT2D eigenvalue weighted by molar-refractivity contribution is -0.127. The Kier molecular flexibility index (Phi) is 5.27. The van der Waals surface area contributed by atoms with Gasteiger partial charge in [0.2, 0.25) is 5.91 Å². The van der Waals surface area contributed by atoms with Crippen molar-refractivity contribution in [3.63, 3.8) is 0 Å². The monoisotopic (exact) mass is 359 g/mol. The molecule has 1 aliphatic rings. The quantitative estimate of drug-likeness (QED) is 0.825. The zero-order valence-electron chi connectivity index (χ0n) is 14.9. The Hall–Kier alpha value is -2.08. The summed E-state index contributed by atoms with van der Waals surface area (Å²) in [5.74, 6) is -0.112. The molecule has 1 saturated heterocycles. The number of amides is 2. The van der Waals surface area contributed by atoms with Crippen molar-refractivity contribution in [1.82, 2.24) is 9.47 Å². The van der Waals surface area contributed by atoms with Crippen LogP contribution in [0.4, 0.5) is 0 Å². The van der Waals surface area contributed by atoms with Gasteiger partial charge >= 0.3 is 0 Å². The second-order valence-corrected chi connectivity index (χ2v) is 7.28. The number of likely N-dealkylation sites (tertiary alicyclic amines) is 1. The molecule has 2 amide bonds. The predicted molar refractivity (Wildman–Crippen MR) is 101 cm³/mol. The van der Waals surface area contributed by atoms with Gasteiger partial charge in [0.25, 0.3) is 5.91 Å². The Labute approximate surface area is 152 Å². The van der Waals surface area contributed by atoms with Crippen molar-refractivity contribution in [3.05, 3.63) is 33.8 Å². The van der Waals surface area contributed by atoms with Crippen molar-refractivity contribution in [2.45, 2.75) is 46.1 Å². The molecule has 1 fully saturated rings. The van der Waals surface area contributed by atoms with Crippen LogP contribution in [0, 0.1) is 6.92 Å². The van der Waals surface area contributed by atoms with E-state index in [1.54, 1.807) is 11.3 Å². The molecule has 5 nitrogen and oxygen atoms in total.